The van der Waals surface area contributed by atoms with E-state index in [1.165, 1.54) is 22.7 Å². The Morgan fingerprint density at radius 2 is 0.541 bits per heavy atom. The summed E-state index contributed by atoms with van der Waals surface area (Å²) in [7, 11) is 0. The maximum Gasteiger partial charge on any atom is 0.262 e. The molecule has 0 N–H and O–H groups in total. The second-order valence-electron chi connectivity index (χ2n) is 43.6. The number of ether oxygens (including phenoxy) is 12. The number of amides is 6. The van der Waals surface area contributed by atoms with Gasteiger partial charge in [0.05, 0.1) is 124 Å². The van der Waals surface area contributed by atoms with Crippen molar-refractivity contribution in [2.24, 2.45) is 0 Å². The second-order valence-corrected chi connectivity index (χ2v) is 45.6. The van der Waals surface area contributed by atoms with Gasteiger partial charge in [0.1, 0.15) is 46.0 Å². The van der Waals surface area contributed by atoms with Crippen molar-refractivity contribution in [2.45, 2.75) is 165 Å². The van der Waals surface area contributed by atoms with E-state index >= 15 is 28.8 Å². The third-order valence-corrected chi connectivity index (χ3v) is 32.1. The van der Waals surface area contributed by atoms with Gasteiger partial charge >= 0.3 is 0 Å². The quantitative estimate of drug-likeness (QED) is 0.0148. The number of carbonyl (C=O) groups excluding carboxylic acids is 6. The highest BCUT2D eigenvalue weighted by Crippen LogP contribution is 2.60. The number of hydrogen-bond acceptors (Lipinski definition) is 24. The maximum absolute atomic E-state index is 17.5. The highest BCUT2D eigenvalue weighted by atomic mass is 32.1. The number of imide groups is 2. The zero-order valence-electron chi connectivity index (χ0n) is 84.3. The monoisotopic (exact) mass is 2000 g/mol. The number of hydrogen-bond donors (Lipinski definition) is 0. The standard InChI is InChI=1S/C118H124N8O18S2/c1-11-123(49-71-21-15-13-16-22-71)113(131)107(97-25-19-43-145-97)125-109(127)89-45-93(141-77-35-27-73(28-36-77)115(3,4)67-119(51-81-59-133-81)52-82-60-134-82)101-103-95(143-79-39-31-75(32-40-79)117(7,8)69-121(55-85-63-137-85)56-86-64-138-86)47-91-100-92(112(130)126(111(91)129)108(98-26-20-44-146-98)114(132)124(12-2)50-72-23-17-14-18-24-72)48-96(144-80-41-33-76(34-42-80)118(9,10)70-122(57-87-65-139-87)58-88-66-140-88)104(106(100)103)102-94(46-90(110(125)128)99(89)105(101)102)142-78-37-29-74(30-38-78)116(5,6)68-120(53-83-61-135-83)54-84-62-136-84/h13-48,81-88,107-108H,11-12,49-70H2,1-10H3. The number of benzene rings is 11. The average molecular weight is 2010 g/mol. The zero-order valence-corrected chi connectivity index (χ0v) is 85.9. The van der Waals surface area contributed by atoms with Crippen LogP contribution in [0.5, 0.6) is 46.0 Å². The summed E-state index contributed by atoms with van der Waals surface area (Å²) in [5.74, 6) is -2.38. The molecule has 146 heavy (non-hydrogen) atoms. The summed E-state index contributed by atoms with van der Waals surface area (Å²) >= 11 is 2.53. The molecule has 13 aromatic rings. The number of carbonyl (C=O) groups is 6. The van der Waals surface area contributed by atoms with Gasteiger partial charge in [-0.05, 0) is 143 Å². The van der Waals surface area contributed by atoms with Crippen molar-refractivity contribution in [1.29, 1.82) is 0 Å². The molecule has 0 bridgehead atoms. The van der Waals surface area contributed by atoms with Gasteiger partial charge in [0.25, 0.3) is 35.4 Å². The largest absolute Gasteiger partial charge is 0.457 e. The number of likely N-dealkylation sites (N-methyl/N-ethyl adjacent to an activating group) is 2. The summed E-state index contributed by atoms with van der Waals surface area (Å²) in [6.45, 7) is 36.8. The second kappa shape index (κ2) is 39.6. The molecular weight excluding hydrogens is 1880 g/mol. The Kier molecular flexibility index (Phi) is 26.4. The van der Waals surface area contributed by atoms with E-state index < -0.39 is 69.2 Å². The topological polar surface area (TPSA) is 266 Å². The molecule has 28 heteroatoms. The molecule has 10 atom stereocenters. The molecule has 8 fully saturated rings. The number of fused-ring (bicyclic) bond motifs is 2. The predicted molar refractivity (Wildman–Crippen MR) is 560 cm³/mol. The molecule has 10 unspecified atom stereocenters. The molecule has 12 heterocycles. The Morgan fingerprint density at radius 1 is 0.315 bits per heavy atom. The highest BCUT2D eigenvalue weighted by Gasteiger charge is 2.51. The van der Waals surface area contributed by atoms with E-state index in [0.717, 1.165) is 95.5 Å². The minimum Gasteiger partial charge on any atom is -0.457 e. The molecule has 8 saturated heterocycles. The molecule has 10 aliphatic rings. The van der Waals surface area contributed by atoms with E-state index in [-0.39, 0.29) is 163 Å². The molecule has 23 rings (SSSR count). The molecule has 2 aromatic heterocycles. The summed E-state index contributed by atoms with van der Waals surface area (Å²) in [5, 5.41) is 5.76. The molecule has 26 nitrogen and oxygen atoms in total. The molecule has 10 aliphatic heterocycles. The molecule has 0 radical (unpaired) electrons. The highest BCUT2D eigenvalue weighted by molar-refractivity contribution is 7.10. The summed E-state index contributed by atoms with van der Waals surface area (Å²) in [6, 6.07) is 62.1. The summed E-state index contributed by atoms with van der Waals surface area (Å²) in [6.07, 6.45) is 1.14. The summed E-state index contributed by atoms with van der Waals surface area (Å²) in [5.41, 5.74) is 4.05. The lowest BCUT2D eigenvalue weighted by molar-refractivity contribution is -0.136. The first-order chi connectivity index (χ1) is 70.6. The van der Waals surface area contributed by atoms with Crippen LogP contribution in [0.4, 0.5) is 0 Å². The number of epoxide rings is 8. The van der Waals surface area contributed by atoms with Gasteiger partial charge in [-0.15, -0.1) is 22.7 Å². The van der Waals surface area contributed by atoms with Crippen molar-refractivity contribution in [3.63, 3.8) is 0 Å². The summed E-state index contributed by atoms with van der Waals surface area (Å²) < 4.78 is 77.7. The van der Waals surface area contributed by atoms with Crippen molar-refractivity contribution in [1.82, 2.24) is 39.2 Å². The Balaban J connectivity index is 0.785. The first-order valence-corrected chi connectivity index (χ1v) is 53.2. The van der Waals surface area contributed by atoms with Crippen LogP contribution in [0.1, 0.15) is 166 Å². The first kappa shape index (κ1) is 97.5. The van der Waals surface area contributed by atoms with E-state index in [1.807, 2.05) is 146 Å². The number of nitrogens with zero attached hydrogens (tertiary/aromatic N) is 8. The van der Waals surface area contributed by atoms with Crippen molar-refractivity contribution >= 4 is 101 Å². The number of thiophene rings is 2. The van der Waals surface area contributed by atoms with E-state index in [0.29, 0.717) is 112 Å². The van der Waals surface area contributed by atoms with Gasteiger partial charge in [0.15, 0.2) is 12.1 Å². The molecular formula is C118H124N8O18S2. The molecule has 11 aromatic carbocycles. The van der Waals surface area contributed by atoms with Gasteiger partial charge in [-0.25, -0.2) is 0 Å². The van der Waals surface area contributed by atoms with Crippen molar-refractivity contribution in [3.05, 3.63) is 282 Å². The minimum atomic E-state index is -1.50. The average Bonchev–Trinajstić information content (AvgIpc) is 1.65. The van der Waals surface area contributed by atoms with Gasteiger partial charge in [-0.1, -0.05) is 177 Å². The molecule has 0 spiro atoms. The Hall–Kier alpha value is -11.9. The molecule has 6 amide bonds. The van der Waals surface area contributed by atoms with Crippen molar-refractivity contribution < 1.29 is 85.6 Å². The molecule has 756 valence electrons. The Morgan fingerprint density at radius 3 is 0.740 bits per heavy atom. The van der Waals surface area contributed by atoms with Gasteiger partial charge in [-0.3, -0.25) is 58.2 Å². The van der Waals surface area contributed by atoms with Crippen LogP contribution < -0.4 is 18.9 Å². The van der Waals surface area contributed by atoms with Crippen LogP contribution >= 0.6 is 22.7 Å². The minimum absolute atomic E-state index is 0.00990. The van der Waals surface area contributed by atoms with Gasteiger partial charge in [-0.2, -0.15) is 0 Å². The van der Waals surface area contributed by atoms with E-state index in [1.54, 1.807) is 46.2 Å². The van der Waals surface area contributed by atoms with Crippen LogP contribution in [-0.2, 0) is 82.2 Å². The van der Waals surface area contributed by atoms with Crippen LogP contribution in [0.3, 0.4) is 0 Å². The lowest BCUT2D eigenvalue weighted by Crippen LogP contribution is -2.49. The summed E-state index contributed by atoms with van der Waals surface area (Å²) in [4.78, 5) is 119. The first-order valence-electron chi connectivity index (χ1n) is 51.4. The lowest BCUT2D eigenvalue weighted by Gasteiger charge is -2.37. The fourth-order valence-corrected chi connectivity index (χ4v) is 23.7. The fourth-order valence-electron chi connectivity index (χ4n) is 22.1. The third-order valence-electron chi connectivity index (χ3n) is 30.2. The van der Waals surface area contributed by atoms with Crippen LogP contribution in [0.25, 0.3) is 43.1 Å². The van der Waals surface area contributed by atoms with E-state index in [2.05, 4.69) is 124 Å². The smallest absolute Gasteiger partial charge is 0.262 e. The van der Waals surface area contributed by atoms with Gasteiger partial charge in [0.2, 0.25) is 0 Å². The number of rotatable bonds is 48. The Labute approximate surface area is 858 Å². The Bertz CT molecular complexity index is 6270. The maximum atomic E-state index is 17.5. The predicted octanol–water partition coefficient (Wildman–Crippen LogP) is 19.3. The van der Waals surface area contributed by atoms with Crippen molar-refractivity contribution in [3.8, 4) is 46.0 Å². The normalized spacial score (nSPS) is 20.7. The van der Waals surface area contributed by atoms with Crippen LogP contribution in [0, 0.1) is 0 Å². The van der Waals surface area contributed by atoms with Crippen LogP contribution in [0.15, 0.2) is 217 Å². The molecule has 0 saturated carbocycles. The van der Waals surface area contributed by atoms with E-state index in [9.17, 15) is 0 Å². The zero-order chi connectivity index (χ0) is 100. The lowest BCUT2D eigenvalue weighted by atomic mass is 9.80. The van der Waals surface area contributed by atoms with Crippen molar-refractivity contribution in [2.75, 3.05) is 144 Å². The van der Waals surface area contributed by atoms with Gasteiger partial charge in [0, 0.05) is 179 Å². The fraction of sp³-hybridized carbons (Fsp3) is 0.407. The van der Waals surface area contributed by atoms with E-state index in [4.69, 9.17) is 56.8 Å². The molecule has 0 aliphatic carbocycles. The van der Waals surface area contributed by atoms with Gasteiger partial charge < -0.3 is 66.6 Å². The SMILES string of the molecule is CCN(Cc1ccccc1)C(=O)C(c1cccs1)N1C(=O)c2cc(Oc3ccc(C(C)(C)CN(CC4CO4)CC4CO4)cc3)c3c4c(Oc5ccc(C(C)(C)CN(CC6CO6)CC6CO6)cc5)cc5c6c(cc(Oc7ccc(C(C)(C)CN(CC8CO8)CC8CO8)cc7)c(c7c(Oc8ccc(C(C)(C)CN(CC9CO9)CC9CO9)cc8)cc(c2c37)C1=O)c64)C(=O)N(C(C(=O)N(CC)Cc1ccccc1)c1cccs1)C5=O. The van der Waals surface area contributed by atoms with Crippen LogP contribution in [0.2, 0.25) is 0 Å². The van der Waals surface area contributed by atoms with Crippen LogP contribution in [-0.4, -0.2) is 268 Å². The third kappa shape index (κ3) is 20.8.